The van der Waals surface area contributed by atoms with Crippen molar-refractivity contribution in [2.45, 2.75) is 75.9 Å². The number of rotatable bonds is 10. The highest BCUT2D eigenvalue weighted by Gasteiger charge is 2.48. The van der Waals surface area contributed by atoms with Gasteiger partial charge in [0.25, 0.3) is 0 Å². The molecule has 0 radical (unpaired) electrons. The second-order valence-electron chi connectivity index (χ2n) is 9.84. The smallest absolute Gasteiger partial charge is 0.326 e. The van der Waals surface area contributed by atoms with Crippen LogP contribution in [0, 0.1) is 5.92 Å². The van der Waals surface area contributed by atoms with Gasteiger partial charge in [0.05, 0.1) is 12.6 Å². The molecule has 2 fully saturated rings. The van der Waals surface area contributed by atoms with Crippen LogP contribution in [0.1, 0.15) is 51.5 Å². The van der Waals surface area contributed by atoms with Gasteiger partial charge < -0.3 is 14.7 Å². The number of nitrogens with one attached hydrogen (secondary N) is 1. The molecule has 0 aromatic heterocycles. The number of amides is 1. The molecule has 2 aliphatic rings. The fraction of sp³-hybridized carbons (Fsp3) is 0.536. The molecule has 9 heteroatoms. The Morgan fingerprint density at radius 2 is 1.86 bits per heavy atom. The molecule has 1 amide bonds. The predicted molar refractivity (Wildman–Crippen MR) is 149 cm³/mol. The van der Waals surface area contributed by atoms with Crippen molar-refractivity contribution in [2.24, 2.45) is 5.92 Å². The van der Waals surface area contributed by atoms with E-state index in [1.807, 2.05) is 12.1 Å². The van der Waals surface area contributed by atoms with Crippen molar-refractivity contribution in [3.8, 4) is 0 Å². The minimum atomic E-state index is -0.946. The molecule has 4 rings (SSSR count). The third kappa shape index (κ3) is 6.98. The van der Waals surface area contributed by atoms with E-state index in [2.05, 4.69) is 35.6 Å². The number of likely N-dealkylation sites (tertiary alicyclic amines) is 1. The fourth-order valence-electron chi connectivity index (χ4n) is 5.64. The molecule has 7 nitrogen and oxygen atoms in total. The number of carbonyl (C=O) groups excluding carboxylic acids is 2. The number of nitrogens with zero attached hydrogens (tertiary/aromatic N) is 1. The third-order valence-corrected chi connectivity index (χ3v) is 8.49. The molecule has 1 aliphatic heterocycles. The van der Waals surface area contributed by atoms with Gasteiger partial charge in [0, 0.05) is 17.5 Å². The minimum absolute atomic E-state index is 0. The molecule has 1 saturated heterocycles. The summed E-state index contributed by atoms with van der Waals surface area (Å²) in [4.78, 5) is 39.8. The van der Waals surface area contributed by atoms with E-state index in [0.29, 0.717) is 12.2 Å². The van der Waals surface area contributed by atoms with Crippen molar-refractivity contribution in [3.05, 3.63) is 48.0 Å². The largest absolute Gasteiger partial charge is 0.480 e. The number of halogens is 1. The van der Waals surface area contributed by atoms with E-state index < -0.39 is 30.1 Å². The average molecular weight is 549 g/mol. The van der Waals surface area contributed by atoms with Gasteiger partial charge in [-0.3, -0.25) is 14.9 Å². The summed E-state index contributed by atoms with van der Waals surface area (Å²) in [5, 5.41) is 15.3. The van der Waals surface area contributed by atoms with Crippen molar-refractivity contribution in [1.29, 1.82) is 0 Å². The maximum atomic E-state index is 13.5. The van der Waals surface area contributed by atoms with Crippen LogP contribution in [0.15, 0.2) is 42.5 Å². The maximum Gasteiger partial charge on any atom is 0.326 e. The Morgan fingerprint density at radius 3 is 2.59 bits per heavy atom. The van der Waals surface area contributed by atoms with Gasteiger partial charge in [-0.05, 0) is 55.4 Å². The lowest BCUT2D eigenvalue weighted by Crippen LogP contribution is -2.56. The van der Waals surface area contributed by atoms with E-state index in [1.54, 1.807) is 30.5 Å². The molecule has 1 saturated carbocycles. The van der Waals surface area contributed by atoms with Gasteiger partial charge in [0.2, 0.25) is 5.91 Å². The van der Waals surface area contributed by atoms with E-state index in [9.17, 15) is 19.5 Å². The lowest BCUT2D eigenvalue weighted by molar-refractivity contribution is -0.151. The summed E-state index contributed by atoms with van der Waals surface area (Å²) in [5.74, 6) is -0.174. The SMILES string of the molecule is CCOC(=O)[C@H](CSCc1ccc2ccccc2c1)N[C@H](C)C(=O)N1[C@@H]2CCCC[C@@H]2C[C@H]1C(=O)O.Cl. The van der Waals surface area contributed by atoms with Crippen molar-refractivity contribution in [1.82, 2.24) is 10.2 Å². The molecule has 1 heterocycles. The van der Waals surface area contributed by atoms with Gasteiger partial charge in [0.1, 0.15) is 12.1 Å². The third-order valence-electron chi connectivity index (χ3n) is 7.39. The topological polar surface area (TPSA) is 95.9 Å². The molecular formula is C28H37ClN2O5S. The Bertz CT molecular complexity index is 1100. The number of aliphatic carboxylic acids is 1. The van der Waals surface area contributed by atoms with Crippen LogP contribution in [0.3, 0.4) is 0 Å². The van der Waals surface area contributed by atoms with Crippen molar-refractivity contribution >= 4 is 52.8 Å². The highest BCUT2D eigenvalue weighted by atomic mass is 35.5. The van der Waals surface area contributed by atoms with E-state index in [0.717, 1.165) is 37.0 Å². The summed E-state index contributed by atoms with van der Waals surface area (Å²) >= 11 is 1.60. The predicted octanol–water partition coefficient (Wildman–Crippen LogP) is 4.65. The van der Waals surface area contributed by atoms with Crippen LogP contribution in [0.5, 0.6) is 0 Å². The summed E-state index contributed by atoms with van der Waals surface area (Å²) in [5.41, 5.74) is 1.16. The van der Waals surface area contributed by atoms with E-state index in [-0.39, 0.29) is 36.9 Å². The number of benzene rings is 2. The van der Waals surface area contributed by atoms with Crippen LogP contribution in [-0.4, -0.2) is 64.4 Å². The number of hydrogen-bond acceptors (Lipinski definition) is 6. The number of carboxylic acid groups (broad SMARTS) is 1. The standard InChI is InChI=1S/C28H36N2O5S.ClH/c1-3-35-28(34)23(17-36-16-19-12-13-20-8-4-5-9-21(20)14-19)29-18(2)26(31)30-24-11-7-6-10-22(24)15-25(30)27(32)33;/h4-5,8-9,12-14,18,22-25,29H,3,6-7,10-11,15-17H2,1-2H3,(H,32,33);1H/t18-,22-,23+,24-,25+;/m1./s1. The Hall–Kier alpha value is -2.29. The van der Waals surface area contributed by atoms with Crippen LogP contribution in [-0.2, 0) is 24.9 Å². The van der Waals surface area contributed by atoms with Gasteiger partial charge >= 0.3 is 11.9 Å². The average Bonchev–Trinajstić information content (AvgIpc) is 3.27. The second-order valence-corrected chi connectivity index (χ2v) is 10.9. The summed E-state index contributed by atoms with van der Waals surface area (Å²) in [6.45, 7) is 3.74. The first kappa shape index (κ1) is 29.3. The normalized spacial score (nSPS) is 22.5. The Labute approximate surface area is 229 Å². The van der Waals surface area contributed by atoms with Gasteiger partial charge in [-0.25, -0.2) is 4.79 Å². The highest BCUT2D eigenvalue weighted by molar-refractivity contribution is 7.98. The number of thioether (sulfide) groups is 1. The molecule has 2 aromatic carbocycles. The van der Waals surface area contributed by atoms with Crippen LogP contribution in [0.2, 0.25) is 0 Å². The first-order chi connectivity index (χ1) is 17.4. The second kappa shape index (κ2) is 13.5. The van der Waals surface area contributed by atoms with Gasteiger partial charge in [-0.15, -0.1) is 12.4 Å². The van der Waals surface area contributed by atoms with Gasteiger partial charge in [-0.2, -0.15) is 11.8 Å². The molecule has 5 atom stereocenters. The van der Waals surface area contributed by atoms with Crippen LogP contribution < -0.4 is 5.32 Å². The van der Waals surface area contributed by atoms with Gasteiger partial charge in [0.15, 0.2) is 0 Å². The zero-order chi connectivity index (χ0) is 25.7. The Balaban J connectivity index is 0.00000380. The van der Waals surface area contributed by atoms with Crippen molar-refractivity contribution in [2.75, 3.05) is 12.4 Å². The molecule has 0 spiro atoms. The highest BCUT2D eigenvalue weighted by Crippen LogP contribution is 2.40. The van der Waals surface area contributed by atoms with Crippen LogP contribution in [0.25, 0.3) is 10.8 Å². The zero-order valence-electron chi connectivity index (χ0n) is 21.4. The minimum Gasteiger partial charge on any atom is -0.480 e. The van der Waals surface area contributed by atoms with Crippen molar-refractivity contribution < 1.29 is 24.2 Å². The van der Waals surface area contributed by atoms with Crippen molar-refractivity contribution in [3.63, 3.8) is 0 Å². The fourth-order valence-corrected chi connectivity index (χ4v) is 6.65. The number of fused-ring (bicyclic) bond motifs is 2. The lowest BCUT2D eigenvalue weighted by Gasteiger charge is -2.35. The summed E-state index contributed by atoms with van der Waals surface area (Å²) in [7, 11) is 0. The first-order valence-corrected chi connectivity index (χ1v) is 14.1. The zero-order valence-corrected chi connectivity index (χ0v) is 23.1. The molecular weight excluding hydrogens is 512 g/mol. The maximum absolute atomic E-state index is 13.5. The number of esters is 1. The summed E-state index contributed by atoms with van der Waals surface area (Å²) in [6.07, 6.45) is 4.42. The van der Waals surface area contributed by atoms with Crippen LogP contribution in [0.4, 0.5) is 0 Å². The lowest BCUT2D eigenvalue weighted by atomic mass is 9.84. The molecule has 202 valence electrons. The summed E-state index contributed by atoms with van der Waals surface area (Å²) in [6, 6.07) is 12.4. The van der Waals surface area contributed by atoms with E-state index in [4.69, 9.17) is 4.74 Å². The number of ether oxygens (including phenoxy) is 1. The number of carboxylic acids is 1. The van der Waals surface area contributed by atoms with E-state index in [1.165, 1.54) is 10.8 Å². The molecule has 2 aromatic rings. The quantitative estimate of drug-likeness (QED) is 0.417. The molecule has 0 unspecified atom stereocenters. The molecule has 2 N–H and O–H groups in total. The van der Waals surface area contributed by atoms with Crippen LogP contribution >= 0.6 is 24.2 Å². The van der Waals surface area contributed by atoms with E-state index >= 15 is 0 Å². The summed E-state index contributed by atoms with van der Waals surface area (Å²) < 4.78 is 5.28. The molecule has 1 aliphatic carbocycles. The molecule has 0 bridgehead atoms. The Morgan fingerprint density at radius 1 is 1.14 bits per heavy atom. The van der Waals surface area contributed by atoms with Gasteiger partial charge in [-0.1, -0.05) is 55.3 Å². The first-order valence-electron chi connectivity index (χ1n) is 12.9. The Kier molecular flexibility index (Phi) is 10.7. The monoisotopic (exact) mass is 548 g/mol. The number of hydrogen-bond donors (Lipinski definition) is 2. The molecule has 37 heavy (non-hydrogen) atoms. The number of carbonyl (C=O) groups is 3.